The number of carbonyl (C=O) groups excluding carboxylic acids is 1. The molecule has 0 saturated heterocycles. The van der Waals surface area contributed by atoms with Crippen LogP contribution < -0.4 is 0 Å². The second-order valence-electron chi connectivity index (χ2n) is 3.61. The quantitative estimate of drug-likeness (QED) is 0.489. The first kappa shape index (κ1) is 14.0. The third-order valence-electron chi connectivity index (χ3n) is 2.34. The SMILES string of the molecule is CC(=O)OCC(CO)c1c(F)cccc1[N+](=O)[O-]. The fraction of sp³-hybridized carbons (Fsp3) is 0.364. The zero-order valence-corrected chi connectivity index (χ0v) is 9.63. The Morgan fingerprint density at radius 1 is 1.61 bits per heavy atom. The van der Waals surface area contributed by atoms with E-state index in [1.807, 2.05) is 0 Å². The largest absolute Gasteiger partial charge is 0.465 e. The molecular weight excluding hydrogens is 245 g/mol. The molecule has 1 rings (SSSR count). The molecule has 0 bridgehead atoms. The van der Waals surface area contributed by atoms with E-state index in [0.29, 0.717) is 0 Å². The van der Waals surface area contributed by atoms with Gasteiger partial charge in [-0.1, -0.05) is 6.07 Å². The Morgan fingerprint density at radius 2 is 2.28 bits per heavy atom. The summed E-state index contributed by atoms with van der Waals surface area (Å²) in [5.74, 6) is -2.38. The fourth-order valence-corrected chi connectivity index (χ4v) is 1.53. The highest BCUT2D eigenvalue weighted by molar-refractivity contribution is 5.66. The molecule has 1 unspecified atom stereocenters. The molecule has 0 fully saturated rings. The normalized spacial score (nSPS) is 11.9. The third-order valence-corrected chi connectivity index (χ3v) is 2.34. The number of carbonyl (C=O) groups is 1. The van der Waals surface area contributed by atoms with E-state index in [1.54, 1.807) is 0 Å². The average Bonchev–Trinajstić information content (AvgIpc) is 2.30. The molecule has 0 spiro atoms. The van der Waals surface area contributed by atoms with E-state index in [2.05, 4.69) is 4.74 Å². The fourth-order valence-electron chi connectivity index (χ4n) is 1.53. The lowest BCUT2D eigenvalue weighted by atomic mass is 9.98. The van der Waals surface area contributed by atoms with Crippen LogP contribution in [0.1, 0.15) is 18.4 Å². The highest BCUT2D eigenvalue weighted by Gasteiger charge is 2.26. The molecule has 0 radical (unpaired) electrons. The molecule has 0 saturated carbocycles. The first-order chi connectivity index (χ1) is 8.47. The third kappa shape index (κ3) is 3.24. The summed E-state index contributed by atoms with van der Waals surface area (Å²) in [5.41, 5.74) is -0.701. The summed E-state index contributed by atoms with van der Waals surface area (Å²) in [6, 6.07) is 3.39. The topological polar surface area (TPSA) is 89.7 Å². The minimum absolute atomic E-state index is 0.258. The van der Waals surface area contributed by atoms with Crippen molar-refractivity contribution in [3.8, 4) is 0 Å². The molecule has 0 heterocycles. The van der Waals surface area contributed by atoms with Gasteiger partial charge in [-0.3, -0.25) is 14.9 Å². The van der Waals surface area contributed by atoms with Gasteiger partial charge >= 0.3 is 5.97 Å². The summed E-state index contributed by atoms with van der Waals surface area (Å²) in [7, 11) is 0. The number of halogens is 1. The van der Waals surface area contributed by atoms with Crippen LogP contribution in [-0.4, -0.2) is 29.2 Å². The monoisotopic (exact) mass is 257 g/mol. The van der Waals surface area contributed by atoms with Crippen LogP contribution >= 0.6 is 0 Å². The number of hydrogen-bond acceptors (Lipinski definition) is 5. The molecule has 1 atom stereocenters. The number of nitro benzene ring substituents is 1. The maximum absolute atomic E-state index is 13.6. The zero-order chi connectivity index (χ0) is 13.7. The van der Waals surface area contributed by atoms with Crippen molar-refractivity contribution in [1.82, 2.24) is 0 Å². The van der Waals surface area contributed by atoms with Gasteiger partial charge in [0.05, 0.1) is 23.0 Å². The van der Waals surface area contributed by atoms with Crippen molar-refractivity contribution in [2.24, 2.45) is 0 Å². The molecule has 0 aliphatic heterocycles. The van der Waals surface area contributed by atoms with E-state index in [9.17, 15) is 19.3 Å². The number of hydrogen-bond donors (Lipinski definition) is 1. The van der Waals surface area contributed by atoms with E-state index in [1.165, 1.54) is 6.07 Å². The van der Waals surface area contributed by atoms with Gasteiger partial charge in [0, 0.05) is 13.0 Å². The van der Waals surface area contributed by atoms with Gasteiger partial charge < -0.3 is 9.84 Å². The van der Waals surface area contributed by atoms with Gasteiger partial charge in [-0.25, -0.2) is 4.39 Å². The number of aliphatic hydroxyl groups is 1. The van der Waals surface area contributed by atoms with Crippen molar-refractivity contribution in [1.29, 1.82) is 0 Å². The van der Waals surface area contributed by atoms with Gasteiger partial charge in [0.2, 0.25) is 0 Å². The van der Waals surface area contributed by atoms with Crippen LogP contribution in [-0.2, 0) is 9.53 Å². The first-order valence-corrected chi connectivity index (χ1v) is 5.14. The molecule has 98 valence electrons. The van der Waals surface area contributed by atoms with Crippen molar-refractivity contribution in [2.75, 3.05) is 13.2 Å². The number of esters is 1. The lowest BCUT2D eigenvalue weighted by Gasteiger charge is -2.15. The molecule has 0 amide bonds. The molecule has 0 aliphatic rings. The van der Waals surface area contributed by atoms with Gasteiger partial charge in [-0.05, 0) is 6.07 Å². The van der Waals surface area contributed by atoms with Crippen LogP contribution in [0.3, 0.4) is 0 Å². The molecule has 7 heteroatoms. The highest BCUT2D eigenvalue weighted by Crippen LogP contribution is 2.29. The standard InChI is InChI=1S/C11H12FNO5/c1-7(15)18-6-8(5-14)11-9(12)3-2-4-10(11)13(16)17/h2-4,8,14H,5-6H2,1H3. The van der Waals surface area contributed by atoms with Crippen LogP contribution in [0, 0.1) is 15.9 Å². The second-order valence-corrected chi connectivity index (χ2v) is 3.61. The predicted molar refractivity (Wildman–Crippen MR) is 59.5 cm³/mol. The number of benzene rings is 1. The van der Waals surface area contributed by atoms with Crippen LogP contribution in [0.25, 0.3) is 0 Å². The lowest BCUT2D eigenvalue weighted by Crippen LogP contribution is -2.17. The van der Waals surface area contributed by atoms with Crippen LogP contribution in [0.2, 0.25) is 0 Å². The van der Waals surface area contributed by atoms with E-state index in [0.717, 1.165) is 19.1 Å². The zero-order valence-electron chi connectivity index (χ0n) is 9.63. The lowest BCUT2D eigenvalue weighted by molar-refractivity contribution is -0.386. The summed E-state index contributed by atoms with van der Waals surface area (Å²) in [6.45, 7) is 0.285. The summed E-state index contributed by atoms with van der Waals surface area (Å²) < 4.78 is 18.3. The summed E-state index contributed by atoms with van der Waals surface area (Å²) >= 11 is 0. The molecule has 1 aromatic rings. The van der Waals surface area contributed by atoms with Gasteiger partial charge in [-0.2, -0.15) is 0 Å². The van der Waals surface area contributed by atoms with Crippen molar-refractivity contribution < 1.29 is 24.0 Å². The van der Waals surface area contributed by atoms with Crippen LogP contribution in [0.4, 0.5) is 10.1 Å². The Hall–Kier alpha value is -2.02. The maximum Gasteiger partial charge on any atom is 0.302 e. The predicted octanol–water partition coefficient (Wildman–Crippen LogP) is 1.37. The Morgan fingerprint density at radius 3 is 2.78 bits per heavy atom. The van der Waals surface area contributed by atoms with E-state index < -0.39 is 34.9 Å². The van der Waals surface area contributed by atoms with E-state index in [4.69, 9.17) is 5.11 Å². The Balaban J connectivity index is 3.11. The van der Waals surface area contributed by atoms with Gasteiger partial charge in [0.25, 0.3) is 5.69 Å². The summed E-state index contributed by atoms with van der Waals surface area (Å²) in [5, 5.41) is 19.9. The maximum atomic E-state index is 13.6. The van der Waals surface area contributed by atoms with Crippen molar-refractivity contribution in [3.05, 3.63) is 39.7 Å². The smallest absolute Gasteiger partial charge is 0.302 e. The van der Waals surface area contributed by atoms with E-state index in [-0.39, 0.29) is 12.2 Å². The Bertz CT molecular complexity index is 463. The molecule has 6 nitrogen and oxygen atoms in total. The number of ether oxygens (including phenoxy) is 1. The number of nitrogens with zero attached hydrogens (tertiary/aromatic N) is 1. The van der Waals surface area contributed by atoms with E-state index >= 15 is 0 Å². The van der Waals surface area contributed by atoms with Gasteiger partial charge in [0.1, 0.15) is 12.4 Å². The number of aliphatic hydroxyl groups excluding tert-OH is 1. The minimum atomic E-state index is -0.963. The minimum Gasteiger partial charge on any atom is -0.465 e. The molecule has 0 aliphatic carbocycles. The number of nitro groups is 1. The summed E-state index contributed by atoms with van der Waals surface area (Å²) in [6.07, 6.45) is 0. The molecule has 0 aromatic heterocycles. The molecule has 18 heavy (non-hydrogen) atoms. The molecular formula is C11H12FNO5. The van der Waals surface area contributed by atoms with Crippen molar-refractivity contribution >= 4 is 11.7 Å². The first-order valence-electron chi connectivity index (χ1n) is 5.14. The van der Waals surface area contributed by atoms with Crippen LogP contribution in [0.5, 0.6) is 0 Å². The Labute approximate surface area is 102 Å². The van der Waals surface area contributed by atoms with Crippen molar-refractivity contribution in [2.45, 2.75) is 12.8 Å². The Kier molecular flexibility index (Phi) is 4.73. The number of rotatable bonds is 5. The van der Waals surface area contributed by atoms with Crippen LogP contribution in [0.15, 0.2) is 18.2 Å². The van der Waals surface area contributed by atoms with Gasteiger partial charge in [0.15, 0.2) is 0 Å². The summed E-state index contributed by atoms with van der Waals surface area (Å²) in [4.78, 5) is 20.7. The molecule has 1 N–H and O–H groups in total. The molecule has 1 aromatic carbocycles. The highest BCUT2D eigenvalue weighted by atomic mass is 19.1. The van der Waals surface area contributed by atoms with Crippen molar-refractivity contribution in [3.63, 3.8) is 0 Å². The van der Waals surface area contributed by atoms with Gasteiger partial charge in [-0.15, -0.1) is 0 Å². The second kappa shape index (κ2) is 6.06. The average molecular weight is 257 g/mol.